The van der Waals surface area contributed by atoms with E-state index in [4.69, 9.17) is 0 Å². The largest absolute Gasteiger partial charge is 0.334 e. The van der Waals surface area contributed by atoms with Gasteiger partial charge in [0, 0.05) is 53.4 Å². The molecule has 292 valence electrons. The van der Waals surface area contributed by atoms with Crippen molar-refractivity contribution in [3.63, 3.8) is 0 Å². The molecule has 2 aromatic heterocycles. The molecule has 5 aromatic carbocycles. The van der Waals surface area contributed by atoms with Crippen LogP contribution in [0.1, 0.15) is 129 Å². The van der Waals surface area contributed by atoms with Gasteiger partial charge in [0.1, 0.15) is 0 Å². The lowest BCUT2D eigenvalue weighted by Crippen LogP contribution is -2.54. The van der Waals surface area contributed by atoms with Crippen LogP contribution in [0.2, 0.25) is 0 Å². The predicted octanol–water partition coefficient (Wildman–Crippen LogP) is 16.4. The minimum Gasteiger partial charge on any atom is -0.334 e. The van der Waals surface area contributed by atoms with Gasteiger partial charge in [-0.25, -0.2) is 0 Å². The molecule has 1 saturated carbocycles. The number of thiophene rings is 2. The van der Waals surface area contributed by atoms with Gasteiger partial charge in [-0.2, -0.15) is 0 Å². The Hall–Kier alpha value is -4.12. The van der Waals surface area contributed by atoms with Crippen molar-refractivity contribution in [3.8, 4) is 0 Å². The third-order valence-corrected chi connectivity index (χ3v) is 17.1. The van der Waals surface area contributed by atoms with E-state index < -0.39 is 0 Å². The molecule has 3 aliphatic rings. The molecule has 2 nitrogen and oxygen atoms in total. The molecule has 0 bridgehead atoms. The SMILES string of the molecule is Cc1cc(N(c2csc3cc4c(cc23)C(C)(C)CCC4(C)C)c2cccc3c2sc2ccccc23)cc(N2c3ccc(C(C)(C)C)cc3C3(C)CCCCC23C)c1. The Morgan fingerprint density at radius 1 is 0.632 bits per heavy atom. The quantitative estimate of drug-likeness (QED) is 0.175. The van der Waals surface area contributed by atoms with Crippen molar-refractivity contribution < 1.29 is 0 Å². The fourth-order valence-corrected chi connectivity index (χ4v) is 13.3. The van der Waals surface area contributed by atoms with E-state index in [0.29, 0.717) is 0 Å². The van der Waals surface area contributed by atoms with Gasteiger partial charge >= 0.3 is 0 Å². The highest BCUT2D eigenvalue weighted by Crippen LogP contribution is 2.62. The van der Waals surface area contributed by atoms with Crippen LogP contribution in [0, 0.1) is 6.92 Å². The number of anilines is 5. The summed E-state index contributed by atoms with van der Waals surface area (Å²) in [6, 6.07) is 35.9. The Bertz CT molecular complexity index is 2750. The number of fused-ring (bicyclic) bond motifs is 8. The molecule has 2 unspecified atom stereocenters. The van der Waals surface area contributed by atoms with Crippen LogP contribution < -0.4 is 9.80 Å². The van der Waals surface area contributed by atoms with Crippen LogP contribution in [0.4, 0.5) is 28.4 Å². The van der Waals surface area contributed by atoms with Crippen molar-refractivity contribution in [2.75, 3.05) is 9.80 Å². The highest BCUT2D eigenvalue weighted by Gasteiger charge is 2.58. The zero-order valence-corrected chi connectivity index (χ0v) is 37.3. The molecule has 0 amide bonds. The number of hydrogen-bond donors (Lipinski definition) is 0. The average Bonchev–Trinajstić information content (AvgIpc) is 3.81. The second-order valence-corrected chi connectivity index (χ2v) is 22.5. The molecule has 2 atom stereocenters. The summed E-state index contributed by atoms with van der Waals surface area (Å²) in [6.45, 7) is 24.3. The fraction of sp³-hybridized carbons (Fsp3) is 0.396. The first-order valence-electron chi connectivity index (χ1n) is 21.3. The van der Waals surface area contributed by atoms with Crippen molar-refractivity contribution in [3.05, 3.63) is 124 Å². The first-order chi connectivity index (χ1) is 27.0. The third-order valence-electron chi connectivity index (χ3n) is 14.9. The lowest BCUT2D eigenvalue weighted by Gasteiger charge is -2.50. The zero-order valence-electron chi connectivity index (χ0n) is 35.7. The molecular weight excluding hydrogens is 729 g/mol. The average molecular weight is 787 g/mol. The highest BCUT2D eigenvalue weighted by molar-refractivity contribution is 7.26. The normalized spacial score (nSPS) is 22.5. The van der Waals surface area contributed by atoms with Gasteiger partial charge in [0.05, 0.1) is 21.6 Å². The van der Waals surface area contributed by atoms with Crippen LogP contribution in [0.15, 0.2) is 96.4 Å². The summed E-state index contributed by atoms with van der Waals surface area (Å²) in [6.07, 6.45) is 7.38. The van der Waals surface area contributed by atoms with Crippen LogP contribution in [-0.4, -0.2) is 5.54 Å². The van der Waals surface area contributed by atoms with Crippen molar-refractivity contribution in [1.82, 2.24) is 0 Å². The minimum absolute atomic E-state index is 0.0298. The summed E-state index contributed by atoms with van der Waals surface area (Å²) in [4.78, 5) is 5.40. The fourth-order valence-electron chi connectivity index (χ4n) is 11.2. The molecule has 4 heteroatoms. The Kier molecular flexibility index (Phi) is 8.12. The van der Waals surface area contributed by atoms with Gasteiger partial charge in [0.15, 0.2) is 0 Å². The van der Waals surface area contributed by atoms with Crippen LogP contribution in [0.5, 0.6) is 0 Å². The van der Waals surface area contributed by atoms with Gasteiger partial charge in [-0.3, -0.25) is 0 Å². The predicted molar refractivity (Wildman–Crippen MR) is 251 cm³/mol. The molecule has 1 aliphatic heterocycles. The van der Waals surface area contributed by atoms with E-state index in [1.54, 1.807) is 0 Å². The number of rotatable bonds is 4. The minimum atomic E-state index is -0.0298. The van der Waals surface area contributed by atoms with E-state index >= 15 is 0 Å². The molecule has 2 aliphatic carbocycles. The monoisotopic (exact) mass is 786 g/mol. The van der Waals surface area contributed by atoms with Crippen LogP contribution in [-0.2, 0) is 21.7 Å². The molecule has 7 aromatic rings. The maximum absolute atomic E-state index is 2.77. The topological polar surface area (TPSA) is 6.48 Å². The Morgan fingerprint density at radius 2 is 1.35 bits per heavy atom. The summed E-state index contributed by atoms with van der Waals surface area (Å²) in [7, 11) is 0. The molecule has 0 saturated heterocycles. The van der Waals surface area contributed by atoms with Crippen LogP contribution >= 0.6 is 22.7 Å². The second kappa shape index (κ2) is 12.4. The number of aryl methyl sites for hydroxylation is 1. The summed E-state index contributed by atoms with van der Waals surface area (Å²) in [5.74, 6) is 0. The van der Waals surface area contributed by atoms with E-state index in [1.165, 1.54) is 125 Å². The van der Waals surface area contributed by atoms with E-state index in [1.807, 2.05) is 22.7 Å². The maximum atomic E-state index is 2.77. The van der Waals surface area contributed by atoms with E-state index in [2.05, 4.69) is 175 Å². The molecule has 3 heterocycles. The molecule has 1 fully saturated rings. The van der Waals surface area contributed by atoms with E-state index in [-0.39, 0.29) is 27.2 Å². The van der Waals surface area contributed by atoms with Crippen molar-refractivity contribution in [1.29, 1.82) is 0 Å². The van der Waals surface area contributed by atoms with Gasteiger partial charge in [-0.1, -0.05) is 111 Å². The van der Waals surface area contributed by atoms with Crippen LogP contribution in [0.25, 0.3) is 30.3 Å². The Morgan fingerprint density at radius 3 is 2.12 bits per heavy atom. The van der Waals surface area contributed by atoms with Gasteiger partial charge < -0.3 is 9.80 Å². The highest BCUT2D eigenvalue weighted by atomic mass is 32.1. The summed E-state index contributed by atoms with van der Waals surface area (Å²) >= 11 is 3.84. The summed E-state index contributed by atoms with van der Waals surface area (Å²) in [5.41, 5.74) is 14.2. The summed E-state index contributed by atoms with van der Waals surface area (Å²) < 4.78 is 4.06. The number of hydrogen-bond acceptors (Lipinski definition) is 4. The van der Waals surface area contributed by atoms with Crippen molar-refractivity contribution in [2.24, 2.45) is 0 Å². The van der Waals surface area contributed by atoms with Crippen molar-refractivity contribution >= 4 is 81.4 Å². The first-order valence-corrected chi connectivity index (χ1v) is 23.0. The molecule has 10 rings (SSSR count). The third kappa shape index (κ3) is 5.45. The molecule has 0 radical (unpaired) electrons. The van der Waals surface area contributed by atoms with Crippen molar-refractivity contribution in [2.45, 2.75) is 135 Å². The smallest absolute Gasteiger partial charge is 0.0648 e. The summed E-state index contributed by atoms with van der Waals surface area (Å²) in [5, 5.41) is 6.48. The van der Waals surface area contributed by atoms with Crippen LogP contribution in [0.3, 0.4) is 0 Å². The molecular formula is C53H58N2S2. The zero-order chi connectivity index (χ0) is 39.9. The van der Waals surface area contributed by atoms with E-state index in [0.717, 1.165) is 0 Å². The molecule has 57 heavy (non-hydrogen) atoms. The van der Waals surface area contributed by atoms with Gasteiger partial charge in [0.25, 0.3) is 0 Å². The number of benzene rings is 5. The van der Waals surface area contributed by atoms with E-state index in [9.17, 15) is 0 Å². The standard InChI is InChI=1S/C53H58N2S2/c1-33-26-35(29-36(27-33)55-43-21-20-34(49(2,3)4)28-42(43)52(9)22-13-14-23-53(52,55)10)54(44-18-15-17-38-37-16-11-12-19-46(37)57-48(38)44)45-32-56-47-31-41-40(30-39(45)47)50(5,6)24-25-51(41,7)8/h11-12,15-21,26-32H,13-14,22-25H2,1-10H3. The lowest BCUT2D eigenvalue weighted by atomic mass is 9.61. The first kappa shape index (κ1) is 37.2. The van der Waals surface area contributed by atoms with Gasteiger partial charge in [0.2, 0.25) is 0 Å². The number of nitrogens with zero attached hydrogens (tertiary/aromatic N) is 2. The van der Waals surface area contributed by atoms with Gasteiger partial charge in [-0.05, 0) is 132 Å². The Labute approximate surface area is 348 Å². The van der Waals surface area contributed by atoms with Gasteiger partial charge in [-0.15, -0.1) is 22.7 Å². The Balaban J connectivity index is 1.23. The second-order valence-electron chi connectivity index (χ2n) is 20.5. The lowest BCUT2D eigenvalue weighted by molar-refractivity contribution is 0.195. The molecule has 0 spiro atoms. The maximum Gasteiger partial charge on any atom is 0.0648 e. The molecule has 0 N–H and O–H groups in total.